The van der Waals surface area contributed by atoms with E-state index < -0.39 is 5.54 Å². The first-order valence-electron chi connectivity index (χ1n) is 5.34. The van der Waals surface area contributed by atoms with E-state index in [0.29, 0.717) is 12.4 Å². The zero-order chi connectivity index (χ0) is 11.6. The number of rotatable bonds is 3. The predicted molar refractivity (Wildman–Crippen MR) is 59.2 cm³/mol. The molecule has 0 saturated carbocycles. The molecule has 0 aliphatic carbocycles. The summed E-state index contributed by atoms with van der Waals surface area (Å²) < 4.78 is 5.44. The Morgan fingerprint density at radius 3 is 3.12 bits per heavy atom. The number of nitrogens with one attached hydrogen (secondary N) is 1. The van der Waals surface area contributed by atoms with Crippen LogP contribution in [0.5, 0.6) is 11.5 Å². The Labute approximate surface area is 94.5 Å². The van der Waals surface area contributed by atoms with Crippen LogP contribution in [-0.4, -0.2) is 18.3 Å². The highest BCUT2D eigenvalue weighted by Gasteiger charge is 2.40. The van der Waals surface area contributed by atoms with Crippen molar-refractivity contribution in [1.82, 2.24) is 5.32 Å². The second-order valence-electron chi connectivity index (χ2n) is 3.91. The van der Waals surface area contributed by atoms with Crippen LogP contribution in [0.15, 0.2) is 18.2 Å². The van der Waals surface area contributed by atoms with Gasteiger partial charge in [-0.1, -0.05) is 6.92 Å². The molecule has 16 heavy (non-hydrogen) atoms. The van der Waals surface area contributed by atoms with Gasteiger partial charge < -0.3 is 9.84 Å². The Morgan fingerprint density at radius 1 is 1.62 bits per heavy atom. The van der Waals surface area contributed by atoms with Gasteiger partial charge in [-0.05, 0) is 25.1 Å². The summed E-state index contributed by atoms with van der Waals surface area (Å²) in [7, 11) is 0. The van der Waals surface area contributed by atoms with E-state index in [1.165, 1.54) is 0 Å². The summed E-state index contributed by atoms with van der Waals surface area (Å²) in [5, 5.41) is 21.8. The molecule has 1 aliphatic heterocycles. The zero-order valence-corrected chi connectivity index (χ0v) is 9.16. The minimum Gasteiger partial charge on any atom is -0.508 e. The van der Waals surface area contributed by atoms with E-state index >= 15 is 0 Å². The van der Waals surface area contributed by atoms with Crippen molar-refractivity contribution < 1.29 is 9.84 Å². The predicted octanol–water partition coefficient (Wildman–Crippen LogP) is 1.50. The number of aromatic hydroxyl groups is 1. The van der Waals surface area contributed by atoms with Crippen molar-refractivity contribution in [3.63, 3.8) is 0 Å². The summed E-state index contributed by atoms with van der Waals surface area (Å²) in [6, 6.07) is 7.13. The maximum Gasteiger partial charge on any atom is 0.170 e. The van der Waals surface area contributed by atoms with E-state index in [0.717, 1.165) is 18.5 Å². The van der Waals surface area contributed by atoms with Crippen LogP contribution in [0, 0.1) is 11.3 Å². The van der Waals surface area contributed by atoms with Crippen LogP contribution < -0.4 is 10.1 Å². The van der Waals surface area contributed by atoms with Crippen molar-refractivity contribution in [3.8, 4) is 17.6 Å². The number of ether oxygens (including phenoxy) is 1. The van der Waals surface area contributed by atoms with Crippen molar-refractivity contribution in [3.05, 3.63) is 23.8 Å². The molecule has 0 radical (unpaired) electrons. The van der Waals surface area contributed by atoms with Crippen molar-refractivity contribution in [2.45, 2.75) is 18.9 Å². The molecule has 0 amide bonds. The lowest BCUT2D eigenvalue weighted by Gasteiger charge is -2.20. The number of nitriles is 1. The monoisotopic (exact) mass is 218 g/mol. The molecule has 1 aromatic rings. The maximum absolute atomic E-state index is 9.33. The van der Waals surface area contributed by atoms with Crippen molar-refractivity contribution in [2.75, 3.05) is 13.2 Å². The van der Waals surface area contributed by atoms with Crippen LogP contribution in [0.3, 0.4) is 0 Å². The fraction of sp³-hybridized carbons (Fsp3) is 0.417. The standard InChI is InChI=1S/C12H14N2O2/c1-2-5-14-12(7-13)8-16-11-6-9(15)3-4-10(11)12/h3-4,6,14-15H,2,5,8H2,1H3. The SMILES string of the molecule is CCCNC1(C#N)COc2cc(O)ccc21. The van der Waals surface area contributed by atoms with Crippen LogP contribution in [0.2, 0.25) is 0 Å². The summed E-state index contributed by atoms with van der Waals surface area (Å²) in [6.07, 6.45) is 0.955. The number of phenols is 1. The summed E-state index contributed by atoms with van der Waals surface area (Å²) in [5.41, 5.74) is 0.0419. The van der Waals surface area contributed by atoms with Crippen LogP contribution >= 0.6 is 0 Å². The fourth-order valence-corrected chi connectivity index (χ4v) is 1.86. The van der Waals surface area contributed by atoms with E-state index in [1.54, 1.807) is 18.2 Å². The number of benzene rings is 1. The van der Waals surface area contributed by atoms with Gasteiger partial charge in [-0.15, -0.1) is 0 Å². The smallest absolute Gasteiger partial charge is 0.170 e. The maximum atomic E-state index is 9.33. The molecular weight excluding hydrogens is 204 g/mol. The number of hydrogen-bond donors (Lipinski definition) is 2. The molecule has 1 aliphatic rings. The summed E-state index contributed by atoms with van der Waals surface area (Å²) in [6.45, 7) is 3.10. The Bertz CT molecular complexity index is 439. The number of nitrogens with zero attached hydrogens (tertiary/aromatic N) is 1. The lowest BCUT2D eigenvalue weighted by molar-refractivity contribution is 0.271. The molecule has 1 atom stereocenters. The lowest BCUT2D eigenvalue weighted by Crippen LogP contribution is -2.42. The lowest BCUT2D eigenvalue weighted by atomic mass is 9.93. The van der Waals surface area contributed by atoms with Crippen LogP contribution in [0.4, 0.5) is 0 Å². The highest BCUT2D eigenvalue weighted by atomic mass is 16.5. The zero-order valence-electron chi connectivity index (χ0n) is 9.16. The number of phenolic OH excluding ortho intramolecular Hbond substituents is 1. The molecular formula is C12H14N2O2. The van der Waals surface area contributed by atoms with Crippen LogP contribution in [-0.2, 0) is 5.54 Å². The quantitative estimate of drug-likeness (QED) is 0.807. The summed E-state index contributed by atoms with van der Waals surface area (Å²) in [4.78, 5) is 0. The number of fused-ring (bicyclic) bond motifs is 1. The second-order valence-corrected chi connectivity index (χ2v) is 3.91. The van der Waals surface area contributed by atoms with Gasteiger partial charge in [0.25, 0.3) is 0 Å². The largest absolute Gasteiger partial charge is 0.508 e. The Hall–Kier alpha value is -1.73. The van der Waals surface area contributed by atoms with Gasteiger partial charge in [-0.3, -0.25) is 5.32 Å². The topological polar surface area (TPSA) is 65.3 Å². The third-order valence-corrected chi connectivity index (χ3v) is 2.74. The minimum atomic E-state index is -0.765. The molecule has 1 heterocycles. The van der Waals surface area contributed by atoms with Gasteiger partial charge in [0.05, 0.1) is 6.07 Å². The van der Waals surface area contributed by atoms with E-state index in [-0.39, 0.29) is 5.75 Å². The van der Waals surface area contributed by atoms with Crippen molar-refractivity contribution >= 4 is 0 Å². The van der Waals surface area contributed by atoms with E-state index in [2.05, 4.69) is 11.4 Å². The van der Waals surface area contributed by atoms with Crippen molar-refractivity contribution in [2.24, 2.45) is 0 Å². The Kier molecular flexibility index (Phi) is 2.71. The first kappa shape index (κ1) is 10.8. The molecule has 2 rings (SSSR count). The highest BCUT2D eigenvalue weighted by molar-refractivity contribution is 5.50. The summed E-state index contributed by atoms with van der Waals surface area (Å²) >= 11 is 0. The first-order valence-corrected chi connectivity index (χ1v) is 5.34. The van der Waals surface area contributed by atoms with Gasteiger partial charge in [-0.25, -0.2) is 0 Å². The molecule has 0 spiro atoms. The third-order valence-electron chi connectivity index (χ3n) is 2.74. The van der Waals surface area contributed by atoms with E-state index in [1.807, 2.05) is 6.92 Å². The molecule has 1 unspecified atom stereocenters. The fourth-order valence-electron chi connectivity index (χ4n) is 1.86. The van der Waals surface area contributed by atoms with Crippen LogP contribution in [0.1, 0.15) is 18.9 Å². The molecule has 0 saturated heterocycles. The molecule has 0 bridgehead atoms. The van der Waals surface area contributed by atoms with Gasteiger partial charge in [0, 0.05) is 11.6 Å². The molecule has 4 nitrogen and oxygen atoms in total. The van der Waals surface area contributed by atoms with Gasteiger partial charge in [0.2, 0.25) is 0 Å². The van der Waals surface area contributed by atoms with Gasteiger partial charge in [-0.2, -0.15) is 5.26 Å². The highest BCUT2D eigenvalue weighted by Crippen LogP contribution is 2.38. The molecule has 0 aromatic heterocycles. The number of hydrogen-bond acceptors (Lipinski definition) is 4. The average molecular weight is 218 g/mol. The molecule has 84 valence electrons. The first-order chi connectivity index (χ1) is 7.72. The molecule has 1 aromatic carbocycles. The minimum absolute atomic E-state index is 0.156. The third kappa shape index (κ3) is 1.59. The van der Waals surface area contributed by atoms with Gasteiger partial charge in [0.15, 0.2) is 5.54 Å². The van der Waals surface area contributed by atoms with E-state index in [4.69, 9.17) is 4.74 Å². The average Bonchev–Trinajstić information content (AvgIpc) is 2.65. The normalized spacial score (nSPS) is 22.2. The molecule has 2 N–H and O–H groups in total. The summed E-state index contributed by atoms with van der Waals surface area (Å²) in [5.74, 6) is 0.744. The van der Waals surface area contributed by atoms with Crippen molar-refractivity contribution in [1.29, 1.82) is 5.26 Å². The second kappa shape index (κ2) is 4.03. The van der Waals surface area contributed by atoms with Gasteiger partial charge in [0.1, 0.15) is 18.1 Å². The molecule has 4 heteroatoms. The van der Waals surface area contributed by atoms with E-state index in [9.17, 15) is 10.4 Å². The van der Waals surface area contributed by atoms with Crippen LogP contribution in [0.25, 0.3) is 0 Å². The van der Waals surface area contributed by atoms with Gasteiger partial charge >= 0.3 is 0 Å². The Balaban J connectivity index is 2.36. The molecule has 0 fully saturated rings. The Morgan fingerprint density at radius 2 is 2.44 bits per heavy atom.